The zero-order valence-electron chi connectivity index (χ0n) is 6.58. The molecule has 0 aromatic heterocycles. The SMILES string of the molecule is N.N.N.O=[N+]([O-])[O-].OP(O)O.[NH4+]. The first-order chi connectivity index (χ1) is 3.46. The van der Waals surface area contributed by atoms with Crippen molar-refractivity contribution in [3.8, 4) is 0 Å². The van der Waals surface area contributed by atoms with Crippen LogP contribution < -0.4 is 24.6 Å². The zero-order valence-corrected chi connectivity index (χ0v) is 7.48. The van der Waals surface area contributed by atoms with Gasteiger partial charge in [-0.25, -0.2) is 0 Å². The van der Waals surface area contributed by atoms with Crippen LogP contribution in [-0.2, 0) is 0 Å². The molecule has 0 aliphatic carbocycles. The summed E-state index contributed by atoms with van der Waals surface area (Å²) in [5.41, 5.74) is 0. The maximum absolute atomic E-state index is 8.25. The topological polar surface area (TPSA) is 268 Å². The van der Waals surface area contributed by atoms with Crippen LogP contribution in [0.5, 0.6) is 0 Å². The molecule has 0 saturated heterocycles. The summed E-state index contributed by atoms with van der Waals surface area (Å²) in [4.78, 5) is 29.9. The molecule has 16 N–H and O–H groups in total. The highest BCUT2D eigenvalue weighted by molar-refractivity contribution is 7.38. The van der Waals surface area contributed by atoms with Gasteiger partial charge in [-0.1, -0.05) is 0 Å². The molecule has 0 unspecified atom stereocenters. The summed E-state index contributed by atoms with van der Waals surface area (Å²) < 4.78 is 0. The molecule has 0 aliphatic heterocycles. The molecule has 0 radical (unpaired) electrons. The van der Waals surface area contributed by atoms with Crippen molar-refractivity contribution < 1.29 is 19.8 Å². The minimum absolute atomic E-state index is 0. The molecular formula is H16N5O6P. The van der Waals surface area contributed by atoms with E-state index in [0.717, 1.165) is 0 Å². The molecule has 0 rings (SSSR count). The smallest absolute Gasteiger partial charge is 0.324 e. The lowest BCUT2D eigenvalue weighted by Gasteiger charge is -1.76. The first-order valence-electron chi connectivity index (χ1n) is 1.15. The molecule has 12 heteroatoms. The van der Waals surface area contributed by atoms with E-state index in [-0.39, 0.29) is 24.6 Å². The number of rotatable bonds is 0. The van der Waals surface area contributed by atoms with Crippen molar-refractivity contribution in [3.05, 3.63) is 15.3 Å². The summed E-state index contributed by atoms with van der Waals surface area (Å²) >= 11 is 0. The molecular weight excluding hydrogens is 197 g/mol. The highest BCUT2D eigenvalue weighted by Gasteiger charge is 1.76. The second-order valence-corrected chi connectivity index (χ2v) is 1.03. The lowest BCUT2D eigenvalue weighted by molar-refractivity contribution is -0.402. The fraction of sp³-hybridized carbons (Fsp3) is 0. The molecule has 0 atom stereocenters. The predicted molar refractivity (Wildman–Crippen MR) is 45.0 cm³/mol. The van der Waals surface area contributed by atoms with Gasteiger partial charge in [0.15, 0.2) is 0 Å². The van der Waals surface area contributed by atoms with E-state index in [2.05, 4.69) is 0 Å². The standard InChI is InChI=1S/NO3.4H3N.H3O3P/c2-1(3)4;;;;;1-4(2)3/h;4*1H3;1-3H/q-1;;;;;/p+1. The molecule has 0 fully saturated rings. The Balaban J connectivity index is -0.0000000112. The maximum Gasteiger partial charge on any atom is 0.324 e. The molecule has 0 bridgehead atoms. The summed E-state index contributed by atoms with van der Waals surface area (Å²) in [5.74, 6) is 0. The summed E-state index contributed by atoms with van der Waals surface area (Å²) in [7, 11) is -2.62. The Labute approximate surface area is 69.5 Å². The van der Waals surface area contributed by atoms with Gasteiger partial charge < -0.3 is 54.6 Å². The van der Waals surface area contributed by atoms with E-state index < -0.39 is 13.7 Å². The largest absolute Gasteiger partial charge is 0.369 e. The van der Waals surface area contributed by atoms with Crippen molar-refractivity contribution in [2.45, 2.75) is 0 Å². The molecule has 0 aromatic carbocycles. The second-order valence-electron chi connectivity index (χ2n) is 0.492. The van der Waals surface area contributed by atoms with Gasteiger partial charge in [0, 0.05) is 0 Å². The molecule has 0 heterocycles. The fourth-order valence-corrected chi connectivity index (χ4v) is 0. The average molecular weight is 213 g/mol. The lowest BCUT2D eigenvalue weighted by Crippen LogP contribution is -1.74. The molecule has 82 valence electrons. The van der Waals surface area contributed by atoms with Gasteiger partial charge in [-0.15, -0.1) is 0 Å². The van der Waals surface area contributed by atoms with E-state index in [1.807, 2.05) is 0 Å². The van der Waals surface area contributed by atoms with Crippen LogP contribution in [0.25, 0.3) is 0 Å². The zero-order chi connectivity index (χ0) is 7.15. The Morgan fingerprint density at radius 1 is 1.00 bits per heavy atom. The summed E-state index contributed by atoms with van der Waals surface area (Å²) in [6.07, 6.45) is 0. The Bertz CT molecular complexity index is 60.2. The van der Waals surface area contributed by atoms with Gasteiger partial charge in [-0.3, -0.25) is 0 Å². The van der Waals surface area contributed by atoms with Crippen molar-refractivity contribution in [3.63, 3.8) is 0 Å². The number of hydrogen-bond acceptors (Lipinski definition) is 9. The lowest BCUT2D eigenvalue weighted by atomic mass is 13.1. The quantitative estimate of drug-likeness (QED) is 0.159. The van der Waals surface area contributed by atoms with E-state index in [1.54, 1.807) is 0 Å². The van der Waals surface area contributed by atoms with Crippen LogP contribution >= 0.6 is 8.60 Å². The van der Waals surface area contributed by atoms with Gasteiger partial charge >= 0.3 is 8.60 Å². The summed E-state index contributed by atoms with van der Waals surface area (Å²) in [6, 6.07) is 0. The Morgan fingerprint density at radius 3 is 1.00 bits per heavy atom. The minimum atomic E-state index is -2.62. The normalized spacial score (nSPS) is 5.00. The van der Waals surface area contributed by atoms with E-state index in [1.165, 1.54) is 0 Å². The Kier molecular flexibility index (Phi) is 112. The molecule has 0 aliphatic rings. The third kappa shape index (κ3) is 1540. The molecule has 0 amide bonds. The summed E-state index contributed by atoms with van der Waals surface area (Å²) in [6.45, 7) is 0. The monoisotopic (exact) mass is 213 g/mol. The third-order valence-corrected chi connectivity index (χ3v) is 0. The molecule has 12 heavy (non-hydrogen) atoms. The minimum Gasteiger partial charge on any atom is -0.369 e. The van der Waals surface area contributed by atoms with Crippen LogP contribution in [0.3, 0.4) is 0 Å². The number of hydrogen-bond donors (Lipinski definition) is 7. The van der Waals surface area contributed by atoms with Crippen LogP contribution in [-0.4, -0.2) is 19.8 Å². The van der Waals surface area contributed by atoms with Crippen LogP contribution in [0, 0.1) is 15.3 Å². The van der Waals surface area contributed by atoms with Crippen molar-refractivity contribution in [2.75, 3.05) is 0 Å². The molecule has 0 aromatic rings. The van der Waals surface area contributed by atoms with Gasteiger partial charge in [0.05, 0.1) is 5.09 Å². The fourth-order valence-electron chi connectivity index (χ4n) is 0. The number of quaternary nitrogens is 1. The average Bonchev–Trinajstić information content (AvgIpc) is 1.25. The third-order valence-electron chi connectivity index (χ3n) is 0. The van der Waals surface area contributed by atoms with Gasteiger partial charge in [0.25, 0.3) is 0 Å². The molecule has 0 spiro atoms. The van der Waals surface area contributed by atoms with Gasteiger partial charge in [0.2, 0.25) is 0 Å². The first kappa shape index (κ1) is 42.5. The van der Waals surface area contributed by atoms with Gasteiger partial charge in [0.1, 0.15) is 0 Å². The van der Waals surface area contributed by atoms with Crippen LogP contribution in [0.1, 0.15) is 0 Å². The molecule has 0 saturated carbocycles. The van der Waals surface area contributed by atoms with E-state index in [0.29, 0.717) is 0 Å². The van der Waals surface area contributed by atoms with Crippen molar-refractivity contribution in [1.29, 1.82) is 0 Å². The second kappa shape index (κ2) is 31.6. The van der Waals surface area contributed by atoms with Gasteiger partial charge in [-0.05, 0) is 0 Å². The maximum atomic E-state index is 8.25. The van der Waals surface area contributed by atoms with Gasteiger partial charge in [-0.2, -0.15) is 0 Å². The number of nitrogens with zero attached hydrogens (tertiary/aromatic N) is 1. The van der Waals surface area contributed by atoms with Crippen LogP contribution in [0.2, 0.25) is 0 Å². The summed E-state index contributed by atoms with van der Waals surface area (Å²) in [5, 5.41) is 14.8. The molecule has 11 nitrogen and oxygen atoms in total. The van der Waals surface area contributed by atoms with Crippen LogP contribution in [0.15, 0.2) is 0 Å². The van der Waals surface area contributed by atoms with E-state index in [9.17, 15) is 0 Å². The van der Waals surface area contributed by atoms with E-state index in [4.69, 9.17) is 30.0 Å². The van der Waals surface area contributed by atoms with Crippen LogP contribution in [0.4, 0.5) is 0 Å². The van der Waals surface area contributed by atoms with Crippen molar-refractivity contribution in [2.24, 2.45) is 0 Å². The predicted octanol–water partition coefficient (Wildman–Crippen LogP) is -0.187. The highest BCUT2D eigenvalue weighted by atomic mass is 31.2. The van der Waals surface area contributed by atoms with E-state index >= 15 is 0 Å². The van der Waals surface area contributed by atoms with Crippen molar-refractivity contribution >= 4 is 8.60 Å². The highest BCUT2D eigenvalue weighted by Crippen LogP contribution is 2.11. The van der Waals surface area contributed by atoms with Crippen molar-refractivity contribution in [1.82, 2.24) is 24.6 Å². The first-order valence-corrected chi connectivity index (χ1v) is 2.35. The Hall–Kier alpha value is -0.650. The Morgan fingerprint density at radius 2 is 1.00 bits per heavy atom.